The first-order valence-electron chi connectivity index (χ1n) is 6.76. The van der Waals surface area contributed by atoms with E-state index >= 15 is 0 Å². The maximum absolute atomic E-state index is 13.3. The van der Waals surface area contributed by atoms with Gasteiger partial charge in [0.1, 0.15) is 5.82 Å². The Bertz CT molecular complexity index is 694. The highest BCUT2D eigenvalue weighted by molar-refractivity contribution is 9.10. The van der Waals surface area contributed by atoms with E-state index in [0.717, 1.165) is 6.26 Å². The monoisotopic (exact) mass is 393 g/mol. The van der Waals surface area contributed by atoms with Gasteiger partial charge in [0.15, 0.2) is 0 Å². The van der Waals surface area contributed by atoms with Gasteiger partial charge in [0.2, 0.25) is 10.0 Å². The second kappa shape index (κ2) is 6.25. The molecule has 0 aromatic heterocycles. The number of carbonyl (C=O) groups is 1. The molecule has 1 aliphatic carbocycles. The van der Waals surface area contributed by atoms with Crippen LogP contribution in [0.1, 0.15) is 24.8 Å². The van der Waals surface area contributed by atoms with Gasteiger partial charge in [-0.15, -0.1) is 0 Å². The van der Waals surface area contributed by atoms with Crippen molar-refractivity contribution in [2.45, 2.75) is 31.7 Å². The lowest BCUT2D eigenvalue weighted by Gasteiger charge is -2.24. The fourth-order valence-electron chi connectivity index (χ4n) is 3.00. The van der Waals surface area contributed by atoms with Crippen LogP contribution in [0.4, 0.5) is 4.39 Å². The lowest BCUT2D eigenvalue weighted by molar-refractivity contribution is -0.148. The van der Waals surface area contributed by atoms with E-state index in [1.54, 1.807) is 12.1 Å². The number of rotatable bonds is 5. The third kappa shape index (κ3) is 4.05. The van der Waals surface area contributed by atoms with Crippen molar-refractivity contribution in [3.8, 4) is 0 Å². The zero-order valence-corrected chi connectivity index (χ0v) is 14.4. The topological polar surface area (TPSA) is 83.5 Å². The molecular formula is C14H17BrFNO4S. The van der Waals surface area contributed by atoms with Crippen molar-refractivity contribution in [2.75, 3.05) is 6.26 Å². The number of halogens is 2. The molecule has 122 valence electrons. The number of benzene rings is 1. The standard InChI is InChI=1S/C14H17BrFNO4S/c1-22(20,21)17-10-4-5-14(8-10,13(18)19)7-9-2-3-12(16)11(15)6-9/h2-3,6,10,17H,4-5,7-8H2,1H3,(H,18,19)/t10-,14+/m0/s1. The lowest BCUT2D eigenvalue weighted by atomic mass is 9.80. The lowest BCUT2D eigenvalue weighted by Crippen LogP contribution is -2.36. The maximum Gasteiger partial charge on any atom is 0.310 e. The molecule has 0 spiro atoms. The fourth-order valence-corrected chi connectivity index (χ4v) is 4.23. The molecule has 1 aliphatic rings. The van der Waals surface area contributed by atoms with Gasteiger partial charge in [0, 0.05) is 6.04 Å². The Balaban J connectivity index is 2.20. The van der Waals surface area contributed by atoms with Crippen LogP contribution < -0.4 is 4.72 Å². The Morgan fingerprint density at radius 2 is 2.23 bits per heavy atom. The number of carboxylic acids is 1. The number of hydrogen-bond acceptors (Lipinski definition) is 3. The Morgan fingerprint density at radius 3 is 2.77 bits per heavy atom. The van der Waals surface area contributed by atoms with E-state index in [1.165, 1.54) is 6.07 Å². The molecule has 2 rings (SSSR count). The minimum atomic E-state index is -3.37. The predicted octanol–water partition coefficient (Wildman–Crippen LogP) is 2.30. The van der Waals surface area contributed by atoms with E-state index in [2.05, 4.69) is 20.7 Å². The summed E-state index contributed by atoms with van der Waals surface area (Å²) in [7, 11) is -3.37. The normalized spacial score (nSPS) is 25.3. The maximum atomic E-state index is 13.3. The average molecular weight is 394 g/mol. The Kier molecular flexibility index (Phi) is 4.93. The van der Waals surface area contributed by atoms with Gasteiger partial charge in [0.05, 0.1) is 16.1 Å². The molecule has 8 heteroatoms. The van der Waals surface area contributed by atoms with Crippen LogP contribution in [0, 0.1) is 11.2 Å². The van der Waals surface area contributed by atoms with Gasteiger partial charge in [-0.1, -0.05) is 6.07 Å². The summed E-state index contributed by atoms with van der Waals surface area (Å²) < 4.78 is 38.6. The number of sulfonamides is 1. The van der Waals surface area contributed by atoms with E-state index in [9.17, 15) is 22.7 Å². The van der Waals surface area contributed by atoms with Crippen LogP contribution in [-0.4, -0.2) is 31.8 Å². The smallest absolute Gasteiger partial charge is 0.310 e. The molecule has 1 aromatic carbocycles. The zero-order valence-electron chi connectivity index (χ0n) is 12.0. The summed E-state index contributed by atoms with van der Waals surface area (Å²) in [6.45, 7) is 0. The number of carboxylic acid groups (broad SMARTS) is 1. The molecule has 2 N–H and O–H groups in total. The highest BCUT2D eigenvalue weighted by atomic mass is 79.9. The molecule has 1 fully saturated rings. The van der Waals surface area contributed by atoms with E-state index in [1.807, 2.05) is 0 Å². The van der Waals surface area contributed by atoms with Crippen molar-refractivity contribution in [1.29, 1.82) is 0 Å². The molecule has 0 aliphatic heterocycles. The third-order valence-electron chi connectivity index (χ3n) is 3.97. The molecule has 2 atom stereocenters. The van der Waals surface area contributed by atoms with Crippen LogP contribution in [0.25, 0.3) is 0 Å². The van der Waals surface area contributed by atoms with Crippen molar-refractivity contribution in [3.05, 3.63) is 34.1 Å². The summed E-state index contributed by atoms with van der Waals surface area (Å²) in [5.41, 5.74) is -0.324. The third-order valence-corrected chi connectivity index (χ3v) is 5.34. The largest absolute Gasteiger partial charge is 0.481 e. The van der Waals surface area contributed by atoms with Crippen molar-refractivity contribution >= 4 is 31.9 Å². The predicted molar refractivity (Wildman–Crippen MR) is 83.5 cm³/mol. The van der Waals surface area contributed by atoms with Crippen LogP contribution >= 0.6 is 15.9 Å². The molecule has 1 aromatic rings. The van der Waals surface area contributed by atoms with Gasteiger partial charge >= 0.3 is 5.97 Å². The summed E-state index contributed by atoms with van der Waals surface area (Å²) in [5, 5.41) is 9.60. The molecule has 0 radical (unpaired) electrons. The Morgan fingerprint density at radius 1 is 1.55 bits per heavy atom. The quantitative estimate of drug-likeness (QED) is 0.803. The minimum absolute atomic E-state index is 0.227. The van der Waals surface area contributed by atoms with Gasteiger partial charge in [0.25, 0.3) is 0 Å². The average Bonchev–Trinajstić information content (AvgIpc) is 2.76. The SMILES string of the molecule is CS(=O)(=O)N[C@H]1CC[C@](Cc2ccc(F)c(Br)c2)(C(=O)O)C1. The van der Waals surface area contributed by atoms with Crippen LogP contribution in [0.2, 0.25) is 0 Å². The fraction of sp³-hybridized carbons (Fsp3) is 0.500. The molecule has 0 heterocycles. The van der Waals surface area contributed by atoms with Gasteiger partial charge < -0.3 is 5.11 Å². The van der Waals surface area contributed by atoms with Gasteiger partial charge in [-0.25, -0.2) is 17.5 Å². The Hall–Kier alpha value is -0.990. The minimum Gasteiger partial charge on any atom is -0.481 e. The molecule has 1 saturated carbocycles. The van der Waals surface area contributed by atoms with Gasteiger partial charge in [-0.3, -0.25) is 4.79 Å². The van der Waals surface area contributed by atoms with Crippen LogP contribution in [0.3, 0.4) is 0 Å². The summed E-state index contributed by atoms with van der Waals surface area (Å²) in [6, 6.07) is 4.03. The first-order valence-corrected chi connectivity index (χ1v) is 9.44. The molecule has 22 heavy (non-hydrogen) atoms. The zero-order chi connectivity index (χ0) is 16.5. The van der Waals surface area contributed by atoms with E-state index in [4.69, 9.17) is 0 Å². The van der Waals surface area contributed by atoms with Crippen molar-refractivity contribution < 1.29 is 22.7 Å². The molecule has 5 nitrogen and oxygen atoms in total. The van der Waals surface area contributed by atoms with Crippen LogP contribution in [0.5, 0.6) is 0 Å². The molecule has 0 amide bonds. The highest BCUT2D eigenvalue weighted by Crippen LogP contribution is 2.42. The van der Waals surface area contributed by atoms with E-state index in [0.29, 0.717) is 18.4 Å². The van der Waals surface area contributed by atoms with Crippen molar-refractivity contribution in [2.24, 2.45) is 5.41 Å². The highest BCUT2D eigenvalue weighted by Gasteiger charge is 2.46. The number of aliphatic carboxylic acids is 1. The van der Waals surface area contributed by atoms with Gasteiger partial charge in [-0.2, -0.15) is 0 Å². The van der Waals surface area contributed by atoms with E-state index < -0.39 is 27.2 Å². The summed E-state index contributed by atoms with van der Waals surface area (Å²) in [6.07, 6.45) is 2.38. The molecule has 0 unspecified atom stereocenters. The second-order valence-corrected chi connectivity index (χ2v) is 8.47. The first-order chi connectivity index (χ1) is 10.1. The van der Waals surface area contributed by atoms with Crippen molar-refractivity contribution in [1.82, 2.24) is 4.72 Å². The van der Waals surface area contributed by atoms with Crippen molar-refractivity contribution in [3.63, 3.8) is 0 Å². The summed E-state index contributed by atoms with van der Waals surface area (Å²) in [4.78, 5) is 11.7. The van der Waals surface area contributed by atoms with E-state index in [-0.39, 0.29) is 23.4 Å². The molecular weight excluding hydrogens is 377 g/mol. The first kappa shape index (κ1) is 17.4. The number of hydrogen-bond donors (Lipinski definition) is 2. The number of nitrogens with one attached hydrogen (secondary N) is 1. The Labute approximate surface area is 137 Å². The van der Waals surface area contributed by atoms with Gasteiger partial charge in [-0.05, 0) is 59.3 Å². The second-order valence-electron chi connectivity index (χ2n) is 5.84. The van der Waals surface area contributed by atoms with Crippen LogP contribution in [0.15, 0.2) is 22.7 Å². The van der Waals surface area contributed by atoms with Crippen LogP contribution in [-0.2, 0) is 21.2 Å². The molecule has 0 saturated heterocycles. The molecule has 0 bridgehead atoms. The summed E-state index contributed by atoms with van der Waals surface area (Å²) >= 11 is 3.09. The summed E-state index contributed by atoms with van der Waals surface area (Å²) in [5.74, 6) is -1.36.